The molecule has 1 aliphatic carbocycles. The van der Waals surface area contributed by atoms with Crippen LogP contribution in [0.5, 0.6) is 0 Å². The SMILES string of the molecule is C[C@@](C#N)(NC(=O)COC(=O)c1cccc(C#N)c1)C1CC1. The fourth-order valence-corrected chi connectivity index (χ4v) is 2.14. The predicted octanol–water partition coefficient (Wildman–Crippen LogP) is 1.52. The second-order valence-corrected chi connectivity index (χ2v) is 5.41. The fraction of sp³-hybridized carbons (Fsp3) is 0.375. The summed E-state index contributed by atoms with van der Waals surface area (Å²) < 4.78 is 4.91. The van der Waals surface area contributed by atoms with Gasteiger partial charge in [-0.2, -0.15) is 10.5 Å². The molecule has 1 amide bonds. The van der Waals surface area contributed by atoms with Crippen LogP contribution in [-0.4, -0.2) is 24.0 Å². The Labute approximate surface area is 128 Å². The Morgan fingerprint density at radius 3 is 2.73 bits per heavy atom. The van der Waals surface area contributed by atoms with E-state index in [2.05, 4.69) is 11.4 Å². The van der Waals surface area contributed by atoms with Crippen molar-refractivity contribution in [2.75, 3.05) is 6.61 Å². The molecule has 1 saturated carbocycles. The predicted molar refractivity (Wildman–Crippen MR) is 76.3 cm³/mol. The van der Waals surface area contributed by atoms with E-state index in [9.17, 15) is 9.59 Å². The van der Waals surface area contributed by atoms with Crippen molar-refractivity contribution in [2.24, 2.45) is 5.92 Å². The van der Waals surface area contributed by atoms with Crippen molar-refractivity contribution in [1.82, 2.24) is 5.32 Å². The van der Waals surface area contributed by atoms with E-state index < -0.39 is 24.0 Å². The number of amides is 1. The van der Waals surface area contributed by atoms with Gasteiger partial charge in [0.1, 0.15) is 5.54 Å². The molecule has 1 N–H and O–H groups in total. The first kappa shape index (κ1) is 15.5. The van der Waals surface area contributed by atoms with Crippen LogP contribution in [0.15, 0.2) is 24.3 Å². The monoisotopic (exact) mass is 297 g/mol. The van der Waals surface area contributed by atoms with E-state index in [1.54, 1.807) is 19.1 Å². The number of hydrogen-bond acceptors (Lipinski definition) is 5. The number of nitrogens with one attached hydrogen (secondary N) is 1. The molecule has 0 radical (unpaired) electrons. The highest BCUT2D eigenvalue weighted by Crippen LogP contribution is 2.39. The molecule has 0 saturated heterocycles. The highest BCUT2D eigenvalue weighted by atomic mass is 16.5. The fourth-order valence-electron chi connectivity index (χ4n) is 2.14. The molecule has 1 fully saturated rings. The van der Waals surface area contributed by atoms with Crippen molar-refractivity contribution in [3.63, 3.8) is 0 Å². The van der Waals surface area contributed by atoms with Crippen molar-refractivity contribution < 1.29 is 14.3 Å². The molecule has 1 atom stereocenters. The first-order valence-corrected chi connectivity index (χ1v) is 6.88. The Kier molecular flexibility index (Phi) is 4.43. The molecule has 0 spiro atoms. The molecule has 22 heavy (non-hydrogen) atoms. The quantitative estimate of drug-likeness (QED) is 0.830. The molecule has 0 aromatic heterocycles. The van der Waals surface area contributed by atoms with Gasteiger partial charge in [-0.1, -0.05) is 6.07 Å². The Morgan fingerprint density at radius 1 is 1.41 bits per heavy atom. The summed E-state index contributed by atoms with van der Waals surface area (Å²) >= 11 is 0. The number of benzene rings is 1. The normalized spacial score (nSPS) is 15.8. The molecular formula is C16H15N3O3. The van der Waals surface area contributed by atoms with Gasteiger partial charge in [-0.05, 0) is 43.9 Å². The van der Waals surface area contributed by atoms with Crippen molar-refractivity contribution in [3.05, 3.63) is 35.4 Å². The Balaban J connectivity index is 1.89. The molecule has 1 aromatic carbocycles. The van der Waals surface area contributed by atoms with E-state index in [-0.39, 0.29) is 11.5 Å². The Morgan fingerprint density at radius 2 is 2.14 bits per heavy atom. The molecule has 0 bridgehead atoms. The molecule has 112 valence electrons. The van der Waals surface area contributed by atoms with Gasteiger partial charge in [0, 0.05) is 0 Å². The van der Waals surface area contributed by atoms with E-state index in [0.717, 1.165) is 12.8 Å². The van der Waals surface area contributed by atoms with Gasteiger partial charge in [-0.15, -0.1) is 0 Å². The first-order valence-electron chi connectivity index (χ1n) is 6.88. The van der Waals surface area contributed by atoms with Crippen LogP contribution in [0.1, 0.15) is 35.7 Å². The van der Waals surface area contributed by atoms with Gasteiger partial charge < -0.3 is 10.1 Å². The van der Waals surface area contributed by atoms with E-state index in [1.807, 2.05) is 6.07 Å². The van der Waals surface area contributed by atoms with Gasteiger partial charge in [-0.25, -0.2) is 4.79 Å². The molecule has 6 nitrogen and oxygen atoms in total. The lowest BCUT2D eigenvalue weighted by atomic mass is 9.98. The number of ether oxygens (including phenoxy) is 1. The molecule has 0 heterocycles. The Bertz CT molecular complexity index is 683. The van der Waals surface area contributed by atoms with Crippen LogP contribution in [0.3, 0.4) is 0 Å². The van der Waals surface area contributed by atoms with Gasteiger partial charge in [0.25, 0.3) is 5.91 Å². The zero-order chi connectivity index (χ0) is 16.2. The lowest BCUT2D eigenvalue weighted by Gasteiger charge is -2.22. The summed E-state index contributed by atoms with van der Waals surface area (Å²) in [5, 5.41) is 20.5. The third kappa shape index (κ3) is 3.62. The van der Waals surface area contributed by atoms with Gasteiger partial charge in [-0.3, -0.25) is 4.79 Å². The summed E-state index contributed by atoms with van der Waals surface area (Å²) in [6.45, 7) is 1.21. The maximum Gasteiger partial charge on any atom is 0.338 e. The highest BCUT2D eigenvalue weighted by Gasteiger charge is 2.43. The minimum atomic E-state index is -0.912. The van der Waals surface area contributed by atoms with Crippen LogP contribution in [0.25, 0.3) is 0 Å². The van der Waals surface area contributed by atoms with Crippen molar-refractivity contribution in [2.45, 2.75) is 25.3 Å². The van der Waals surface area contributed by atoms with E-state index in [1.165, 1.54) is 12.1 Å². The zero-order valence-electron chi connectivity index (χ0n) is 12.1. The van der Waals surface area contributed by atoms with E-state index in [0.29, 0.717) is 5.56 Å². The lowest BCUT2D eigenvalue weighted by molar-refractivity contribution is -0.125. The molecule has 0 unspecified atom stereocenters. The van der Waals surface area contributed by atoms with Crippen LogP contribution in [0.2, 0.25) is 0 Å². The number of nitrogens with zero attached hydrogens (tertiary/aromatic N) is 2. The molecule has 2 rings (SSSR count). The van der Waals surface area contributed by atoms with Gasteiger partial charge in [0.15, 0.2) is 6.61 Å². The summed E-state index contributed by atoms with van der Waals surface area (Å²) in [4.78, 5) is 23.6. The van der Waals surface area contributed by atoms with Gasteiger partial charge in [0.05, 0.1) is 23.3 Å². The molecule has 1 aliphatic rings. The minimum Gasteiger partial charge on any atom is -0.452 e. The average molecular weight is 297 g/mol. The topological polar surface area (TPSA) is 103 Å². The van der Waals surface area contributed by atoms with Crippen molar-refractivity contribution in [3.8, 4) is 12.1 Å². The number of rotatable bonds is 5. The smallest absolute Gasteiger partial charge is 0.338 e. The highest BCUT2D eigenvalue weighted by molar-refractivity contribution is 5.91. The summed E-state index contributed by atoms with van der Waals surface area (Å²) in [6.07, 6.45) is 1.82. The Hall–Kier alpha value is -2.86. The maximum absolute atomic E-state index is 11.8. The van der Waals surface area contributed by atoms with Crippen LogP contribution in [-0.2, 0) is 9.53 Å². The summed E-state index contributed by atoms with van der Waals surface area (Å²) in [5.74, 6) is -1.04. The number of esters is 1. The first-order chi connectivity index (χ1) is 10.5. The van der Waals surface area contributed by atoms with Crippen LogP contribution in [0, 0.1) is 28.6 Å². The van der Waals surface area contributed by atoms with Gasteiger partial charge >= 0.3 is 5.97 Å². The third-order valence-electron chi connectivity index (χ3n) is 3.59. The number of hydrogen-bond donors (Lipinski definition) is 1. The maximum atomic E-state index is 11.8. The zero-order valence-corrected chi connectivity index (χ0v) is 12.1. The molecular weight excluding hydrogens is 282 g/mol. The van der Waals surface area contributed by atoms with Crippen LogP contribution < -0.4 is 5.32 Å². The second-order valence-electron chi connectivity index (χ2n) is 5.41. The molecule has 0 aliphatic heterocycles. The average Bonchev–Trinajstić information content (AvgIpc) is 3.37. The summed E-state index contributed by atoms with van der Waals surface area (Å²) in [7, 11) is 0. The lowest BCUT2D eigenvalue weighted by Crippen LogP contribution is -2.48. The second kappa shape index (κ2) is 6.28. The standard InChI is InChI=1S/C16H15N3O3/c1-16(10-18,13-5-6-13)19-14(20)9-22-15(21)12-4-2-3-11(7-12)8-17/h2-4,7,13H,5-6,9H2,1H3,(H,19,20)/t16-/m0/s1. The van der Waals surface area contributed by atoms with Crippen molar-refractivity contribution >= 4 is 11.9 Å². The van der Waals surface area contributed by atoms with Gasteiger partial charge in [0.2, 0.25) is 0 Å². The molecule has 6 heteroatoms. The van der Waals surface area contributed by atoms with E-state index >= 15 is 0 Å². The third-order valence-corrected chi connectivity index (χ3v) is 3.59. The number of nitriles is 2. The van der Waals surface area contributed by atoms with Crippen molar-refractivity contribution in [1.29, 1.82) is 10.5 Å². The summed E-state index contributed by atoms with van der Waals surface area (Å²) in [6, 6.07) is 10.0. The summed E-state index contributed by atoms with van der Waals surface area (Å²) in [5.41, 5.74) is -0.369. The van der Waals surface area contributed by atoms with Crippen LogP contribution in [0.4, 0.5) is 0 Å². The minimum absolute atomic E-state index is 0.157. The number of carbonyl (C=O) groups excluding carboxylic acids is 2. The molecule has 1 aromatic rings. The number of carbonyl (C=O) groups is 2. The van der Waals surface area contributed by atoms with E-state index in [4.69, 9.17) is 15.3 Å². The largest absolute Gasteiger partial charge is 0.452 e. The van der Waals surface area contributed by atoms with Crippen LogP contribution >= 0.6 is 0 Å².